The predicted octanol–water partition coefficient (Wildman–Crippen LogP) is 6.66. The van der Waals surface area contributed by atoms with E-state index in [9.17, 15) is 4.79 Å². The van der Waals surface area contributed by atoms with E-state index in [4.69, 9.17) is 0 Å². The van der Waals surface area contributed by atoms with Crippen LogP contribution in [0, 0.1) is 20.8 Å². The number of carbonyl (C=O) groups is 1. The Morgan fingerprint density at radius 2 is 1.79 bits per heavy atom. The van der Waals surface area contributed by atoms with E-state index in [0.29, 0.717) is 6.42 Å². The van der Waals surface area contributed by atoms with Crippen LogP contribution in [0.5, 0.6) is 0 Å². The maximum absolute atomic E-state index is 13.1. The molecule has 0 spiro atoms. The van der Waals surface area contributed by atoms with Crippen LogP contribution < -0.4 is 5.32 Å². The van der Waals surface area contributed by atoms with Gasteiger partial charge in [-0.3, -0.25) is 9.20 Å². The van der Waals surface area contributed by atoms with Crippen LogP contribution in [0.15, 0.2) is 47.6 Å². The number of fused-ring (bicyclic) bond motifs is 3. The highest BCUT2D eigenvalue weighted by Crippen LogP contribution is 2.31. The molecule has 0 fully saturated rings. The van der Waals surface area contributed by atoms with Crippen molar-refractivity contribution in [3.63, 3.8) is 0 Å². The Morgan fingerprint density at radius 1 is 1.03 bits per heavy atom. The second-order valence-corrected chi connectivity index (χ2v) is 9.96. The van der Waals surface area contributed by atoms with Crippen molar-refractivity contribution in [1.82, 2.24) is 14.6 Å². The maximum Gasteiger partial charge on any atom is 0.237 e. The minimum Gasteiger partial charge on any atom is -0.325 e. The SMILES string of the molecule is CCCCc1ccc(NC(=O)C(CC)Sc2nnc3cc(C)c4cc(C)cc(C)c4n23)cc1. The van der Waals surface area contributed by atoms with E-state index in [1.165, 1.54) is 52.2 Å². The average Bonchev–Trinajstić information content (AvgIpc) is 3.18. The lowest BCUT2D eigenvalue weighted by Gasteiger charge is -2.15. The zero-order valence-electron chi connectivity index (χ0n) is 20.1. The fraction of sp³-hybridized carbons (Fsp3) is 0.370. The first-order chi connectivity index (χ1) is 15.9. The molecule has 172 valence electrons. The summed E-state index contributed by atoms with van der Waals surface area (Å²) in [6.07, 6.45) is 4.13. The van der Waals surface area contributed by atoms with Crippen molar-refractivity contribution in [3.05, 3.63) is 64.7 Å². The van der Waals surface area contributed by atoms with Crippen LogP contribution in [0.3, 0.4) is 0 Å². The average molecular weight is 461 g/mol. The number of hydrogen-bond acceptors (Lipinski definition) is 4. The molecule has 1 N–H and O–H groups in total. The molecule has 6 heteroatoms. The maximum atomic E-state index is 13.1. The molecule has 1 atom stereocenters. The van der Waals surface area contributed by atoms with Crippen molar-refractivity contribution in [1.29, 1.82) is 0 Å². The number of rotatable bonds is 8. The van der Waals surface area contributed by atoms with Crippen molar-refractivity contribution in [2.75, 3.05) is 5.32 Å². The standard InChI is InChI=1S/C27H32N4OS/c1-6-8-9-20-10-12-21(13-11-20)28-26(32)23(7-2)33-27-30-29-24-16-18(4)22-15-17(3)14-19(5)25(22)31(24)27/h10-16,23H,6-9H2,1-5H3,(H,28,32). The molecule has 5 nitrogen and oxygen atoms in total. The first-order valence-electron chi connectivity index (χ1n) is 11.7. The van der Waals surface area contributed by atoms with Gasteiger partial charge in [0, 0.05) is 11.1 Å². The number of aromatic nitrogens is 3. The van der Waals surface area contributed by atoms with E-state index in [-0.39, 0.29) is 11.2 Å². The minimum atomic E-state index is -0.265. The van der Waals surface area contributed by atoms with Gasteiger partial charge in [0.2, 0.25) is 5.91 Å². The molecule has 33 heavy (non-hydrogen) atoms. The Morgan fingerprint density at radius 3 is 2.48 bits per heavy atom. The van der Waals surface area contributed by atoms with Crippen LogP contribution in [-0.2, 0) is 11.2 Å². The number of aryl methyl sites for hydroxylation is 4. The highest BCUT2D eigenvalue weighted by molar-refractivity contribution is 8.00. The van der Waals surface area contributed by atoms with Gasteiger partial charge in [-0.05, 0) is 81.0 Å². The summed E-state index contributed by atoms with van der Waals surface area (Å²) in [5.74, 6) is -0.00968. The molecule has 0 aliphatic carbocycles. The second-order valence-electron chi connectivity index (χ2n) is 8.79. The van der Waals surface area contributed by atoms with Crippen LogP contribution in [0.25, 0.3) is 16.6 Å². The van der Waals surface area contributed by atoms with Gasteiger partial charge in [0.05, 0.1) is 10.8 Å². The van der Waals surface area contributed by atoms with Gasteiger partial charge in [0.1, 0.15) is 0 Å². The van der Waals surface area contributed by atoms with Gasteiger partial charge < -0.3 is 5.32 Å². The Bertz CT molecular complexity index is 1290. The number of pyridine rings is 1. The molecule has 2 aromatic carbocycles. The molecule has 4 rings (SSSR count). The van der Waals surface area contributed by atoms with E-state index in [1.807, 2.05) is 19.1 Å². The van der Waals surface area contributed by atoms with Gasteiger partial charge in [0.15, 0.2) is 10.8 Å². The molecule has 2 heterocycles. The number of carbonyl (C=O) groups excluding carboxylic acids is 1. The van der Waals surface area contributed by atoms with Crippen molar-refractivity contribution in [2.24, 2.45) is 0 Å². The van der Waals surface area contributed by atoms with E-state index in [1.54, 1.807) is 0 Å². The molecule has 0 radical (unpaired) electrons. The number of nitrogens with one attached hydrogen (secondary N) is 1. The van der Waals surface area contributed by atoms with Gasteiger partial charge in [-0.15, -0.1) is 10.2 Å². The Balaban J connectivity index is 1.60. The first kappa shape index (κ1) is 23.3. The molecule has 0 saturated heterocycles. The van der Waals surface area contributed by atoms with Crippen molar-refractivity contribution in [3.8, 4) is 0 Å². The lowest BCUT2D eigenvalue weighted by molar-refractivity contribution is -0.115. The van der Waals surface area contributed by atoms with Crippen molar-refractivity contribution in [2.45, 2.75) is 70.7 Å². The Hall–Kier alpha value is -2.86. The van der Waals surface area contributed by atoms with E-state index < -0.39 is 0 Å². The number of anilines is 1. The normalized spacial score (nSPS) is 12.4. The summed E-state index contributed by atoms with van der Waals surface area (Å²) in [7, 11) is 0. The van der Waals surface area contributed by atoms with Crippen LogP contribution >= 0.6 is 11.8 Å². The highest BCUT2D eigenvalue weighted by Gasteiger charge is 2.22. The van der Waals surface area contributed by atoms with Gasteiger partial charge in [-0.25, -0.2) is 0 Å². The topological polar surface area (TPSA) is 59.3 Å². The summed E-state index contributed by atoms with van der Waals surface area (Å²) in [5.41, 5.74) is 7.66. The summed E-state index contributed by atoms with van der Waals surface area (Å²) in [6, 6.07) is 14.7. The number of amides is 1. The van der Waals surface area contributed by atoms with Gasteiger partial charge in [-0.1, -0.05) is 55.8 Å². The molecular formula is C27H32N4OS. The number of thioether (sulfide) groups is 1. The van der Waals surface area contributed by atoms with Crippen LogP contribution in [0.2, 0.25) is 0 Å². The minimum absolute atomic E-state index is 0.00968. The first-order valence-corrected chi connectivity index (χ1v) is 12.6. The molecule has 0 bridgehead atoms. The Labute approximate surface area is 200 Å². The lowest BCUT2D eigenvalue weighted by atomic mass is 10.0. The van der Waals surface area contributed by atoms with Gasteiger partial charge in [-0.2, -0.15) is 0 Å². The smallest absolute Gasteiger partial charge is 0.237 e. The molecule has 0 aliphatic rings. The third-order valence-electron chi connectivity index (χ3n) is 6.05. The number of unbranched alkanes of at least 4 members (excludes halogenated alkanes) is 1. The fourth-order valence-corrected chi connectivity index (χ4v) is 5.26. The summed E-state index contributed by atoms with van der Waals surface area (Å²) in [6.45, 7) is 10.6. The third kappa shape index (κ3) is 4.91. The number of hydrogen-bond donors (Lipinski definition) is 1. The summed E-state index contributed by atoms with van der Waals surface area (Å²) in [5, 5.41) is 13.6. The van der Waals surface area contributed by atoms with Crippen LogP contribution in [0.4, 0.5) is 5.69 Å². The van der Waals surface area contributed by atoms with E-state index in [0.717, 1.165) is 28.4 Å². The molecule has 0 saturated carbocycles. The molecule has 4 aromatic rings. The zero-order valence-corrected chi connectivity index (χ0v) is 20.9. The van der Waals surface area contributed by atoms with Crippen molar-refractivity contribution < 1.29 is 4.79 Å². The van der Waals surface area contributed by atoms with Gasteiger partial charge in [0.25, 0.3) is 0 Å². The molecule has 1 amide bonds. The molecule has 2 aromatic heterocycles. The lowest BCUT2D eigenvalue weighted by Crippen LogP contribution is -2.24. The van der Waals surface area contributed by atoms with Crippen LogP contribution in [-0.4, -0.2) is 25.8 Å². The zero-order chi connectivity index (χ0) is 23.5. The number of nitrogens with zero attached hydrogens (tertiary/aromatic N) is 3. The third-order valence-corrected chi connectivity index (χ3v) is 7.36. The quantitative estimate of drug-likeness (QED) is 0.299. The summed E-state index contributed by atoms with van der Waals surface area (Å²) in [4.78, 5) is 13.1. The largest absolute Gasteiger partial charge is 0.325 e. The molecular weight excluding hydrogens is 428 g/mol. The monoisotopic (exact) mass is 460 g/mol. The van der Waals surface area contributed by atoms with Crippen molar-refractivity contribution >= 4 is 39.9 Å². The number of benzene rings is 2. The van der Waals surface area contributed by atoms with E-state index >= 15 is 0 Å². The molecule has 0 aliphatic heterocycles. The fourth-order valence-electron chi connectivity index (χ4n) is 4.30. The highest BCUT2D eigenvalue weighted by atomic mass is 32.2. The van der Waals surface area contributed by atoms with Gasteiger partial charge >= 0.3 is 0 Å². The van der Waals surface area contributed by atoms with E-state index in [2.05, 4.69) is 77.9 Å². The van der Waals surface area contributed by atoms with Crippen LogP contribution in [0.1, 0.15) is 55.4 Å². The summed E-state index contributed by atoms with van der Waals surface area (Å²) < 4.78 is 2.10. The second kappa shape index (κ2) is 9.96. The summed E-state index contributed by atoms with van der Waals surface area (Å²) >= 11 is 1.48. The Kier molecular flexibility index (Phi) is 7.03. The predicted molar refractivity (Wildman–Crippen MR) is 138 cm³/mol. The molecule has 1 unspecified atom stereocenters.